The van der Waals surface area contributed by atoms with Gasteiger partial charge in [0.25, 0.3) is 5.56 Å². The number of esters is 1. The Kier molecular flexibility index (Phi) is 6.20. The molecule has 1 aliphatic carbocycles. The molecule has 7 nitrogen and oxygen atoms in total. The molecular formula is C22H29N3O4S. The fourth-order valence-corrected chi connectivity index (χ4v) is 6.04. The molecule has 2 fully saturated rings. The predicted octanol–water partition coefficient (Wildman–Crippen LogP) is 2.67. The normalized spacial score (nSPS) is 21.2. The van der Waals surface area contributed by atoms with Gasteiger partial charge < -0.3 is 15.0 Å². The van der Waals surface area contributed by atoms with Crippen molar-refractivity contribution in [2.24, 2.45) is 5.73 Å². The molecule has 1 spiro atoms. The van der Waals surface area contributed by atoms with E-state index in [1.807, 2.05) is 10.4 Å². The van der Waals surface area contributed by atoms with Gasteiger partial charge in [0, 0.05) is 30.6 Å². The van der Waals surface area contributed by atoms with Crippen molar-refractivity contribution >= 4 is 28.1 Å². The number of rotatable bonds is 8. The molecule has 2 N–H and O–H groups in total. The highest BCUT2D eigenvalue weighted by atomic mass is 32.2. The van der Waals surface area contributed by atoms with E-state index in [0.717, 1.165) is 38.5 Å². The lowest BCUT2D eigenvalue weighted by Gasteiger charge is -2.27. The zero-order valence-electron chi connectivity index (χ0n) is 17.3. The summed E-state index contributed by atoms with van der Waals surface area (Å²) in [6, 6.07) is 7.13. The number of hydrogen-bond donors (Lipinski definition) is 1. The van der Waals surface area contributed by atoms with Gasteiger partial charge in [0.05, 0.1) is 22.3 Å². The molecule has 1 saturated heterocycles. The number of nitrogens with two attached hydrogens (primary N) is 1. The van der Waals surface area contributed by atoms with Gasteiger partial charge in [0.15, 0.2) is 11.6 Å². The van der Waals surface area contributed by atoms with Crippen molar-refractivity contribution in [1.29, 1.82) is 0 Å². The van der Waals surface area contributed by atoms with E-state index in [-0.39, 0.29) is 29.8 Å². The third-order valence-electron chi connectivity index (χ3n) is 6.31. The highest BCUT2D eigenvalue weighted by Crippen LogP contribution is 2.51. The number of unbranched alkanes of at least 4 members (excludes halogenated alkanes) is 2. The molecular weight excluding hydrogens is 402 g/mol. The summed E-state index contributed by atoms with van der Waals surface area (Å²) in [7, 11) is 0. The summed E-state index contributed by atoms with van der Waals surface area (Å²) < 4.78 is 22.0. The van der Waals surface area contributed by atoms with Crippen molar-refractivity contribution in [1.82, 2.24) is 8.87 Å². The van der Waals surface area contributed by atoms with Crippen LogP contribution in [0.3, 0.4) is 0 Å². The number of hydrogen-bond acceptors (Lipinski definition) is 6. The van der Waals surface area contributed by atoms with Crippen LogP contribution in [0.2, 0.25) is 0 Å². The van der Waals surface area contributed by atoms with Crippen LogP contribution in [0.5, 0.6) is 0 Å². The number of aromatic nitrogens is 1. The summed E-state index contributed by atoms with van der Waals surface area (Å²) in [6.45, 7) is 2.66. The Hall–Kier alpha value is -1.87. The predicted molar refractivity (Wildman–Crippen MR) is 116 cm³/mol. The summed E-state index contributed by atoms with van der Waals surface area (Å²) in [5, 5.41) is 1.14. The van der Waals surface area contributed by atoms with Crippen LogP contribution in [0.15, 0.2) is 40.2 Å². The SMILES string of the molecule is CCCCCC(=O)OCn1ccc2c([S+]([O-])N3CCC(N)C34CC4)cccc2c1=O. The quantitative estimate of drug-likeness (QED) is 0.392. The lowest BCUT2D eigenvalue weighted by atomic mass is 10.1. The fraction of sp³-hybridized carbons (Fsp3) is 0.545. The molecule has 2 heterocycles. The topological polar surface area (TPSA) is 101 Å². The second kappa shape index (κ2) is 8.70. The summed E-state index contributed by atoms with van der Waals surface area (Å²) in [6.07, 6.45) is 7.56. The molecule has 0 radical (unpaired) electrons. The maximum Gasteiger partial charge on any atom is 0.307 e. The first-order valence-corrected chi connectivity index (χ1v) is 11.8. The van der Waals surface area contributed by atoms with Gasteiger partial charge in [0.2, 0.25) is 0 Å². The van der Waals surface area contributed by atoms with Gasteiger partial charge in [-0.05, 0) is 43.9 Å². The lowest BCUT2D eigenvalue weighted by molar-refractivity contribution is -0.147. The summed E-state index contributed by atoms with van der Waals surface area (Å²) in [5.74, 6) is -0.301. The number of carbonyl (C=O) groups is 1. The highest BCUT2D eigenvalue weighted by molar-refractivity contribution is 7.89. The van der Waals surface area contributed by atoms with Crippen LogP contribution in [0, 0.1) is 0 Å². The molecule has 2 unspecified atom stereocenters. The number of nitrogens with zero attached hydrogens (tertiary/aromatic N) is 2. The Bertz CT molecular complexity index is 988. The van der Waals surface area contributed by atoms with Crippen LogP contribution in [0.25, 0.3) is 10.8 Å². The Balaban J connectivity index is 1.54. The van der Waals surface area contributed by atoms with Crippen molar-refractivity contribution in [2.45, 2.75) is 75.1 Å². The van der Waals surface area contributed by atoms with Crippen LogP contribution in [0.1, 0.15) is 51.9 Å². The van der Waals surface area contributed by atoms with E-state index in [2.05, 4.69) is 6.92 Å². The molecule has 0 bridgehead atoms. The first-order chi connectivity index (χ1) is 14.5. The third-order valence-corrected chi connectivity index (χ3v) is 7.99. The number of ether oxygens (including phenoxy) is 1. The largest absolute Gasteiger partial charge is 0.593 e. The number of benzene rings is 1. The molecule has 162 valence electrons. The highest BCUT2D eigenvalue weighted by Gasteiger charge is 2.61. The van der Waals surface area contributed by atoms with E-state index < -0.39 is 11.4 Å². The van der Waals surface area contributed by atoms with E-state index in [1.54, 1.807) is 24.4 Å². The summed E-state index contributed by atoms with van der Waals surface area (Å²) in [4.78, 5) is 25.4. The molecule has 8 heteroatoms. The second-order valence-corrected chi connectivity index (χ2v) is 9.64. The average molecular weight is 432 g/mol. The minimum absolute atomic E-state index is 0.0562. The first-order valence-electron chi connectivity index (χ1n) is 10.7. The third kappa shape index (κ3) is 3.89. The van der Waals surface area contributed by atoms with Crippen LogP contribution in [0.4, 0.5) is 0 Å². The van der Waals surface area contributed by atoms with Gasteiger partial charge in [-0.3, -0.25) is 14.2 Å². The Morgan fingerprint density at radius 2 is 2.10 bits per heavy atom. The van der Waals surface area contributed by atoms with Gasteiger partial charge in [0.1, 0.15) is 0 Å². The number of fused-ring (bicyclic) bond motifs is 1. The summed E-state index contributed by atoms with van der Waals surface area (Å²) in [5.41, 5.74) is 5.86. The molecule has 2 aromatic rings. The number of pyridine rings is 1. The van der Waals surface area contributed by atoms with Crippen molar-refractivity contribution in [2.75, 3.05) is 6.54 Å². The van der Waals surface area contributed by atoms with Gasteiger partial charge >= 0.3 is 5.97 Å². The maximum atomic E-state index is 13.4. The molecule has 1 aromatic heterocycles. The van der Waals surface area contributed by atoms with Gasteiger partial charge in [-0.1, -0.05) is 25.8 Å². The molecule has 2 aliphatic rings. The van der Waals surface area contributed by atoms with Crippen molar-refractivity contribution in [3.63, 3.8) is 0 Å². The van der Waals surface area contributed by atoms with E-state index in [9.17, 15) is 14.1 Å². The maximum absolute atomic E-state index is 13.4. The minimum atomic E-state index is -1.37. The minimum Gasteiger partial charge on any atom is -0.593 e. The molecule has 0 amide bonds. The fourth-order valence-electron chi connectivity index (χ4n) is 4.32. The zero-order valence-corrected chi connectivity index (χ0v) is 18.2. The van der Waals surface area contributed by atoms with Gasteiger partial charge in [-0.25, -0.2) is 0 Å². The smallest absolute Gasteiger partial charge is 0.307 e. The zero-order chi connectivity index (χ0) is 21.3. The lowest BCUT2D eigenvalue weighted by Crippen LogP contribution is -2.44. The number of carbonyl (C=O) groups excluding carboxylic acids is 1. The van der Waals surface area contributed by atoms with Crippen LogP contribution < -0.4 is 11.3 Å². The van der Waals surface area contributed by atoms with Crippen LogP contribution in [-0.4, -0.2) is 37.5 Å². The van der Waals surface area contributed by atoms with Crippen molar-refractivity contribution < 1.29 is 14.1 Å². The average Bonchev–Trinajstić information content (AvgIpc) is 3.48. The molecule has 1 saturated carbocycles. The molecule has 2 atom stereocenters. The first kappa shape index (κ1) is 21.4. The van der Waals surface area contributed by atoms with E-state index in [1.165, 1.54) is 4.57 Å². The Morgan fingerprint density at radius 1 is 1.30 bits per heavy atom. The Morgan fingerprint density at radius 3 is 2.83 bits per heavy atom. The molecule has 4 rings (SSSR count). The van der Waals surface area contributed by atoms with Gasteiger partial charge in [-0.2, -0.15) is 0 Å². The molecule has 30 heavy (non-hydrogen) atoms. The van der Waals surface area contributed by atoms with E-state index in [4.69, 9.17) is 10.5 Å². The van der Waals surface area contributed by atoms with Crippen molar-refractivity contribution in [3.05, 3.63) is 40.8 Å². The van der Waals surface area contributed by atoms with Crippen LogP contribution in [-0.2, 0) is 27.6 Å². The van der Waals surface area contributed by atoms with E-state index in [0.29, 0.717) is 28.6 Å². The summed E-state index contributed by atoms with van der Waals surface area (Å²) >= 11 is -1.37. The van der Waals surface area contributed by atoms with Gasteiger partial charge in [-0.15, -0.1) is 4.31 Å². The van der Waals surface area contributed by atoms with E-state index >= 15 is 0 Å². The van der Waals surface area contributed by atoms with Crippen molar-refractivity contribution in [3.8, 4) is 0 Å². The standard InChI is InChI=1S/C22H29N3O4S/c1-2-3-4-8-20(26)29-15-24-13-9-16-17(21(24)27)6-5-7-18(16)30(28)25-14-10-19(23)22(25)11-12-22/h5-7,9,13,19H,2-4,8,10-12,14-15,23H2,1H3. The second-order valence-electron chi connectivity index (χ2n) is 8.26. The molecule has 1 aliphatic heterocycles. The van der Waals surface area contributed by atoms with Crippen LogP contribution >= 0.6 is 0 Å². The molecule has 1 aromatic carbocycles. The monoisotopic (exact) mass is 431 g/mol. The Labute approximate surface area is 179 Å².